The number of para-hydroxylation sites is 1. The maximum Gasteiger partial charge on any atom is 0.337 e. The minimum absolute atomic E-state index is 0.106. The third-order valence-corrected chi connectivity index (χ3v) is 3.54. The van der Waals surface area contributed by atoms with Crippen LogP contribution in [0.4, 0.5) is 16.2 Å². The van der Waals surface area contributed by atoms with Crippen LogP contribution in [-0.2, 0) is 11.3 Å². The van der Waals surface area contributed by atoms with Crippen molar-refractivity contribution in [1.29, 1.82) is 0 Å². The number of nitrogens with two attached hydrogens (primary N) is 1. The molecular formula is C17H15FN4O2. The second kappa shape index (κ2) is 6.49. The van der Waals surface area contributed by atoms with Gasteiger partial charge in [0.2, 0.25) is 5.95 Å². The largest absolute Gasteiger partial charge is 0.465 e. The summed E-state index contributed by atoms with van der Waals surface area (Å²) in [6.07, 6.45) is 0. The van der Waals surface area contributed by atoms with Gasteiger partial charge in [-0.25, -0.2) is 14.2 Å². The van der Waals surface area contributed by atoms with Crippen LogP contribution in [0.1, 0.15) is 15.9 Å². The summed E-state index contributed by atoms with van der Waals surface area (Å²) in [5.74, 6) is -0.340. The van der Waals surface area contributed by atoms with E-state index in [9.17, 15) is 9.18 Å². The molecule has 122 valence electrons. The van der Waals surface area contributed by atoms with Gasteiger partial charge >= 0.3 is 5.97 Å². The van der Waals surface area contributed by atoms with Crippen molar-refractivity contribution in [1.82, 2.24) is 9.97 Å². The molecule has 0 fully saturated rings. The zero-order valence-electron chi connectivity index (χ0n) is 12.9. The second-order valence-electron chi connectivity index (χ2n) is 5.10. The highest BCUT2D eigenvalue weighted by Crippen LogP contribution is 2.20. The van der Waals surface area contributed by atoms with E-state index in [1.165, 1.54) is 25.3 Å². The number of esters is 1. The summed E-state index contributed by atoms with van der Waals surface area (Å²) in [6.45, 7) is 0.106. The molecule has 0 spiro atoms. The van der Waals surface area contributed by atoms with Crippen LogP contribution in [0, 0.1) is 5.82 Å². The fourth-order valence-corrected chi connectivity index (χ4v) is 2.31. The second-order valence-corrected chi connectivity index (χ2v) is 5.10. The zero-order valence-corrected chi connectivity index (χ0v) is 12.9. The fourth-order valence-electron chi connectivity index (χ4n) is 2.31. The van der Waals surface area contributed by atoms with Crippen LogP contribution in [0.5, 0.6) is 0 Å². The number of ether oxygens (including phenoxy) is 1. The Morgan fingerprint density at radius 3 is 2.83 bits per heavy atom. The first-order valence-electron chi connectivity index (χ1n) is 7.21. The summed E-state index contributed by atoms with van der Waals surface area (Å²) in [4.78, 5) is 20.0. The molecule has 0 saturated carbocycles. The van der Waals surface area contributed by atoms with Gasteiger partial charge in [-0.15, -0.1) is 0 Å². The number of nitrogen functional groups attached to an aromatic ring is 1. The smallest absolute Gasteiger partial charge is 0.337 e. The van der Waals surface area contributed by atoms with Crippen LogP contribution in [-0.4, -0.2) is 23.0 Å². The maximum atomic E-state index is 13.9. The lowest BCUT2D eigenvalue weighted by Gasteiger charge is -2.09. The minimum Gasteiger partial charge on any atom is -0.465 e. The number of methoxy groups -OCH3 is 1. The normalized spacial score (nSPS) is 10.6. The molecule has 1 aromatic heterocycles. The van der Waals surface area contributed by atoms with Crippen molar-refractivity contribution >= 4 is 28.6 Å². The molecule has 24 heavy (non-hydrogen) atoms. The maximum absolute atomic E-state index is 13.9. The number of carbonyl (C=O) groups is 1. The molecule has 0 radical (unpaired) electrons. The molecule has 3 N–H and O–H groups in total. The molecule has 0 saturated heterocycles. The van der Waals surface area contributed by atoms with Gasteiger partial charge in [0.1, 0.15) is 11.6 Å². The van der Waals surface area contributed by atoms with Gasteiger partial charge < -0.3 is 15.8 Å². The number of rotatable bonds is 4. The number of carbonyl (C=O) groups excluding carboxylic acids is 1. The van der Waals surface area contributed by atoms with E-state index in [2.05, 4.69) is 20.0 Å². The monoisotopic (exact) mass is 326 g/mol. The highest BCUT2D eigenvalue weighted by Gasteiger charge is 2.11. The van der Waals surface area contributed by atoms with E-state index < -0.39 is 11.8 Å². The van der Waals surface area contributed by atoms with Crippen LogP contribution >= 0.6 is 0 Å². The molecular weight excluding hydrogens is 311 g/mol. The van der Waals surface area contributed by atoms with E-state index in [1.807, 2.05) is 24.3 Å². The molecule has 2 aromatic carbocycles. The number of hydrogen-bond acceptors (Lipinski definition) is 6. The summed E-state index contributed by atoms with van der Waals surface area (Å²) in [7, 11) is 1.27. The van der Waals surface area contributed by atoms with Gasteiger partial charge in [0.05, 0.1) is 18.2 Å². The summed E-state index contributed by atoms with van der Waals surface area (Å²) >= 11 is 0. The molecule has 3 rings (SSSR count). The molecule has 0 atom stereocenters. The molecule has 7 heteroatoms. The Labute approximate surface area is 137 Å². The van der Waals surface area contributed by atoms with Crippen LogP contribution in [0.2, 0.25) is 0 Å². The number of nitrogens with zero attached hydrogens (tertiary/aromatic N) is 2. The molecule has 3 aromatic rings. The summed E-state index contributed by atoms with van der Waals surface area (Å²) < 4.78 is 18.5. The van der Waals surface area contributed by atoms with Gasteiger partial charge in [0.25, 0.3) is 0 Å². The molecule has 0 unspecified atom stereocenters. The Balaban J connectivity index is 1.84. The van der Waals surface area contributed by atoms with E-state index in [0.29, 0.717) is 16.9 Å². The van der Waals surface area contributed by atoms with E-state index in [4.69, 9.17) is 5.73 Å². The van der Waals surface area contributed by atoms with Crippen molar-refractivity contribution in [2.75, 3.05) is 18.2 Å². The molecule has 1 heterocycles. The molecule has 0 aliphatic rings. The average Bonchev–Trinajstić information content (AvgIpc) is 2.60. The molecule has 6 nitrogen and oxygen atoms in total. The van der Waals surface area contributed by atoms with Gasteiger partial charge in [0, 0.05) is 17.5 Å². The lowest BCUT2D eigenvalue weighted by molar-refractivity contribution is 0.0600. The summed E-state index contributed by atoms with van der Waals surface area (Å²) in [5.41, 5.74) is 7.17. The first-order valence-corrected chi connectivity index (χ1v) is 7.21. The molecule has 0 aliphatic heterocycles. The Morgan fingerprint density at radius 1 is 1.25 bits per heavy atom. The number of anilines is 2. The van der Waals surface area contributed by atoms with E-state index in [1.54, 1.807) is 0 Å². The van der Waals surface area contributed by atoms with E-state index in [0.717, 1.165) is 5.39 Å². The number of benzene rings is 2. The van der Waals surface area contributed by atoms with Crippen LogP contribution in [0.3, 0.4) is 0 Å². The van der Waals surface area contributed by atoms with Gasteiger partial charge in [-0.05, 0) is 30.3 Å². The third-order valence-electron chi connectivity index (χ3n) is 3.54. The third kappa shape index (κ3) is 3.10. The van der Waals surface area contributed by atoms with Crippen molar-refractivity contribution in [2.45, 2.75) is 6.54 Å². The number of fused-ring (bicyclic) bond motifs is 1. The van der Waals surface area contributed by atoms with E-state index >= 15 is 0 Å². The standard InChI is InChI=1S/C17H15FN4O2/c1-24-16(23)10-6-7-13(18)11(8-10)9-20-17-21-14-5-3-2-4-12(14)15(19)22-17/h2-8H,9H2,1H3,(H3,19,20,21,22). The Morgan fingerprint density at radius 2 is 2.04 bits per heavy atom. The lowest BCUT2D eigenvalue weighted by Crippen LogP contribution is -2.09. The van der Waals surface area contributed by atoms with Crippen molar-refractivity contribution in [3.05, 3.63) is 59.4 Å². The number of halogens is 1. The zero-order chi connectivity index (χ0) is 17.1. The van der Waals surface area contributed by atoms with Crippen LogP contribution < -0.4 is 11.1 Å². The summed E-state index contributed by atoms with van der Waals surface area (Å²) in [5, 5.41) is 3.68. The average molecular weight is 326 g/mol. The van der Waals surface area contributed by atoms with Gasteiger partial charge in [0.15, 0.2) is 0 Å². The Bertz CT molecular complexity index is 914. The van der Waals surface area contributed by atoms with Crippen molar-refractivity contribution < 1.29 is 13.9 Å². The van der Waals surface area contributed by atoms with Gasteiger partial charge in [-0.3, -0.25) is 0 Å². The first kappa shape index (κ1) is 15.7. The predicted octanol–water partition coefficient (Wildman–Crippen LogP) is 2.75. The number of aromatic nitrogens is 2. The van der Waals surface area contributed by atoms with Crippen molar-refractivity contribution in [2.24, 2.45) is 0 Å². The highest BCUT2D eigenvalue weighted by molar-refractivity contribution is 5.90. The number of hydrogen-bond donors (Lipinski definition) is 2. The van der Waals surface area contributed by atoms with Crippen LogP contribution in [0.15, 0.2) is 42.5 Å². The SMILES string of the molecule is COC(=O)c1ccc(F)c(CNc2nc(N)c3ccccc3n2)c1. The van der Waals surface area contributed by atoms with Gasteiger partial charge in [-0.2, -0.15) is 4.98 Å². The van der Waals surface area contributed by atoms with Gasteiger partial charge in [-0.1, -0.05) is 12.1 Å². The molecule has 0 amide bonds. The quantitative estimate of drug-likeness (QED) is 0.717. The van der Waals surface area contributed by atoms with Crippen molar-refractivity contribution in [3.63, 3.8) is 0 Å². The predicted molar refractivity (Wildman–Crippen MR) is 89.0 cm³/mol. The number of nitrogens with one attached hydrogen (secondary N) is 1. The molecule has 0 bridgehead atoms. The topological polar surface area (TPSA) is 90.1 Å². The Hall–Kier alpha value is -3.22. The fraction of sp³-hybridized carbons (Fsp3) is 0.118. The highest BCUT2D eigenvalue weighted by atomic mass is 19.1. The molecule has 0 aliphatic carbocycles. The first-order chi connectivity index (χ1) is 11.6. The van der Waals surface area contributed by atoms with Crippen LogP contribution in [0.25, 0.3) is 10.9 Å². The lowest BCUT2D eigenvalue weighted by atomic mass is 10.1. The summed E-state index contributed by atoms with van der Waals surface area (Å²) in [6, 6.07) is 11.4. The van der Waals surface area contributed by atoms with Crippen molar-refractivity contribution in [3.8, 4) is 0 Å². The minimum atomic E-state index is -0.526. The van der Waals surface area contributed by atoms with E-state index in [-0.39, 0.29) is 18.1 Å². The Kier molecular flexibility index (Phi) is 4.24.